The maximum atomic E-state index is 12.1. The third-order valence-corrected chi connectivity index (χ3v) is 3.10. The molecule has 1 heterocycles. The lowest BCUT2D eigenvalue weighted by atomic mass is 9.89. The first kappa shape index (κ1) is 11.1. The van der Waals surface area contributed by atoms with E-state index in [1.165, 1.54) is 0 Å². The molecule has 3 heteroatoms. The molecule has 2 rings (SSSR count). The number of carbonyl (C=O) groups is 1. The van der Waals surface area contributed by atoms with Crippen molar-refractivity contribution in [1.82, 2.24) is 0 Å². The number of anilines is 1. The molecule has 1 saturated heterocycles. The summed E-state index contributed by atoms with van der Waals surface area (Å²) in [6, 6.07) is 9.45. The molecule has 0 aliphatic carbocycles. The fourth-order valence-corrected chi connectivity index (χ4v) is 2.08. The Morgan fingerprint density at radius 2 is 2.06 bits per heavy atom. The highest BCUT2D eigenvalue weighted by Gasteiger charge is 2.40. The van der Waals surface area contributed by atoms with Crippen molar-refractivity contribution in [1.29, 1.82) is 0 Å². The molecule has 1 unspecified atom stereocenters. The summed E-state index contributed by atoms with van der Waals surface area (Å²) in [5, 5.41) is 10.1. The number of hydrogen-bond acceptors (Lipinski definition) is 2. The summed E-state index contributed by atoms with van der Waals surface area (Å²) in [6.07, 6.45) is 1.56. The summed E-state index contributed by atoms with van der Waals surface area (Å²) in [5.74, 6) is -0.222. The minimum Gasteiger partial charge on any atom is -0.380 e. The van der Waals surface area contributed by atoms with Crippen molar-refractivity contribution in [2.75, 3.05) is 11.4 Å². The van der Waals surface area contributed by atoms with Crippen LogP contribution in [0.1, 0.15) is 19.3 Å². The SMILES string of the molecule is [CH2]CC1(O)CCCN(c2ccccc2)C1=O. The minimum absolute atomic E-state index is 0.222. The van der Waals surface area contributed by atoms with Crippen molar-refractivity contribution in [2.24, 2.45) is 0 Å². The Labute approximate surface area is 95.7 Å². The second-order valence-electron chi connectivity index (χ2n) is 4.18. The van der Waals surface area contributed by atoms with E-state index in [-0.39, 0.29) is 12.3 Å². The van der Waals surface area contributed by atoms with Crippen LogP contribution in [0.4, 0.5) is 5.69 Å². The highest BCUT2D eigenvalue weighted by molar-refractivity contribution is 6.00. The van der Waals surface area contributed by atoms with Gasteiger partial charge in [-0.05, 0) is 38.3 Å². The number of hydrogen-bond donors (Lipinski definition) is 1. The number of benzene rings is 1. The van der Waals surface area contributed by atoms with Gasteiger partial charge in [-0.25, -0.2) is 0 Å². The standard InChI is InChI=1S/C13H16NO2/c1-2-13(16)9-6-10-14(12(13)15)11-7-4-3-5-8-11/h3-5,7-8,16H,1-2,6,9-10H2. The van der Waals surface area contributed by atoms with Gasteiger partial charge in [-0.3, -0.25) is 4.79 Å². The molecule has 1 aliphatic rings. The van der Waals surface area contributed by atoms with E-state index in [1.54, 1.807) is 4.90 Å². The Morgan fingerprint density at radius 3 is 2.69 bits per heavy atom. The van der Waals surface area contributed by atoms with Gasteiger partial charge >= 0.3 is 0 Å². The second-order valence-corrected chi connectivity index (χ2v) is 4.18. The van der Waals surface area contributed by atoms with Crippen LogP contribution in [-0.4, -0.2) is 23.2 Å². The predicted octanol–water partition coefficient (Wildman–Crippen LogP) is 1.77. The molecule has 0 aromatic heterocycles. The average Bonchev–Trinajstić information content (AvgIpc) is 2.34. The van der Waals surface area contributed by atoms with E-state index in [0.717, 1.165) is 12.1 Å². The molecule has 0 spiro atoms. The van der Waals surface area contributed by atoms with Crippen LogP contribution in [0.5, 0.6) is 0 Å². The van der Waals surface area contributed by atoms with E-state index in [0.29, 0.717) is 13.0 Å². The smallest absolute Gasteiger partial charge is 0.258 e. The quantitative estimate of drug-likeness (QED) is 0.821. The molecule has 16 heavy (non-hydrogen) atoms. The molecular formula is C13H16NO2. The summed E-state index contributed by atoms with van der Waals surface area (Å²) in [4.78, 5) is 13.8. The maximum Gasteiger partial charge on any atom is 0.258 e. The van der Waals surface area contributed by atoms with Gasteiger partial charge in [0.1, 0.15) is 5.60 Å². The van der Waals surface area contributed by atoms with E-state index in [1.807, 2.05) is 30.3 Å². The van der Waals surface area contributed by atoms with E-state index >= 15 is 0 Å². The van der Waals surface area contributed by atoms with E-state index in [9.17, 15) is 9.90 Å². The molecule has 1 aromatic carbocycles. The molecule has 1 aromatic rings. The first-order valence-electron chi connectivity index (χ1n) is 5.56. The van der Waals surface area contributed by atoms with E-state index in [4.69, 9.17) is 0 Å². The summed E-state index contributed by atoms with van der Waals surface area (Å²) < 4.78 is 0. The van der Waals surface area contributed by atoms with Crippen LogP contribution in [0.15, 0.2) is 30.3 Å². The lowest BCUT2D eigenvalue weighted by molar-refractivity contribution is -0.139. The van der Waals surface area contributed by atoms with Crippen molar-refractivity contribution in [3.63, 3.8) is 0 Å². The average molecular weight is 218 g/mol. The van der Waals surface area contributed by atoms with Crippen molar-refractivity contribution in [2.45, 2.75) is 24.9 Å². The number of rotatable bonds is 2. The van der Waals surface area contributed by atoms with Crippen molar-refractivity contribution in [3.8, 4) is 0 Å². The van der Waals surface area contributed by atoms with Gasteiger partial charge in [0, 0.05) is 12.2 Å². The van der Waals surface area contributed by atoms with Gasteiger partial charge < -0.3 is 10.0 Å². The molecule has 1 radical (unpaired) electrons. The Bertz CT molecular complexity index is 377. The van der Waals surface area contributed by atoms with Crippen LogP contribution in [0.25, 0.3) is 0 Å². The highest BCUT2D eigenvalue weighted by Crippen LogP contribution is 2.29. The number of piperidine rings is 1. The molecule has 0 saturated carbocycles. The molecule has 1 atom stereocenters. The summed E-state index contributed by atoms with van der Waals surface area (Å²) in [5.41, 5.74) is -0.423. The molecule has 1 fully saturated rings. The molecule has 3 nitrogen and oxygen atoms in total. The maximum absolute atomic E-state index is 12.1. The summed E-state index contributed by atoms with van der Waals surface area (Å²) in [6.45, 7) is 4.33. The van der Waals surface area contributed by atoms with Crippen molar-refractivity contribution in [3.05, 3.63) is 37.3 Å². The van der Waals surface area contributed by atoms with Crippen molar-refractivity contribution < 1.29 is 9.90 Å². The van der Waals surface area contributed by atoms with Crippen LogP contribution in [0.2, 0.25) is 0 Å². The Kier molecular flexibility index (Phi) is 2.97. The predicted molar refractivity (Wildman–Crippen MR) is 63.0 cm³/mol. The number of aliphatic hydroxyl groups is 1. The fourth-order valence-electron chi connectivity index (χ4n) is 2.08. The Hall–Kier alpha value is -1.35. The van der Waals surface area contributed by atoms with E-state index < -0.39 is 5.60 Å². The van der Waals surface area contributed by atoms with Gasteiger partial charge in [0.05, 0.1) is 0 Å². The Balaban J connectivity index is 2.27. The lowest BCUT2D eigenvalue weighted by Crippen LogP contribution is -2.53. The fraction of sp³-hybridized carbons (Fsp3) is 0.385. The summed E-state index contributed by atoms with van der Waals surface area (Å²) >= 11 is 0. The number of carbonyl (C=O) groups excluding carboxylic acids is 1. The van der Waals surface area contributed by atoms with Gasteiger partial charge in [-0.1, -0.05) is 18.2 Å². The van der Waals surface area contributed by atoms with Crippen LogP contribution in [0.3, 0.4) is 0 Å². The molecule has 1 N–H and O–H groups in total. The first-order chi connectivity index (χ1) is 7.67. The molecule has 85 valence electrons. The van der Waals surface area contributed by atoms with Crippen LogP contribution in [-0.2, 0) is 4.79 Å². The number of nitrogens with zero attached hydrogens (tertiary/aromatic N) is 1. The molecule has 1 aliphatic heterocycles. The van der Waals surface area contributed by atoms with Crippen molar-refractivity contribution >= 4 is 11.6 Å². The van der Waals surface area contributed by atoms with Gasteiger partial charge in [-0.2, -0.15) is 0 Å². The van der Waals surface area contributed by atoms with Gasteiger partial charge in [0.15, 0.2) is 0 Å². The lowest BCUT2D eigenvalue weighted by Gasteiger charge is -2.37. The van der Waals surface area contributed by atoms with Gasteiger partial charge in [0.2, 0.25) is 0 Å². The zero-order chi connectivity index (χ0) is 11.6. The van der Waals surface area contributed by atoms with Gasteiger partial charge in [0.25, 0.3) is 5.91 Å². The second kappa shape index (κ2) is 4.26. The third kappa shape index (κ3) is 1.83. The first-order valence-corrected chi connectivity index (χ1v) is 5.56. The zero-order valence-corrected chi connectivity index (χ0v) is 9.22. The number of amides is 1. The molecule has 1 amide bonds. The largest absolute Gasteiger partial charge is 0.380 e. The summed E-state index contributed by atoms with van der Waals surface area (Å²) in [7, 11) is 0. The third-order valence-electron chi connectivity index (χ3n) is 3.10. The monoisotopic (exact) mass is 218 g/mol. The van der Waals surface area contributed by atoms with Gasteiger partial charge in [-0.15, -0.1) is 0 Å². The zero-order valence-electron chi connectivity index (χ0n) is 9.22. The highest BCUT2D eigenvalue weighted by atomic mass is 16.3. The molecule has 0 bridgehead atoms. The number of para-hydroxylation sites is 1. The van der Waals surface area contributed by atoms with Crippen LogP contribution >= 0.6 is 0 Å². The molecular weight excluding hydrogens is 202 g/mol. The van der Waals surface area contributed by atoms with E-state index in [2.05, 4.69) is 6.92 Å². The van der Waals surface area contributed by atoms with Crippen LogP contribution in [0, 0.1) is 6.92 Å². The van der Waals surface area contributed by atoms with Crippen LogP contribution < -0.4 is 4.90 Å². The minimum atomic E-state index is -1.27. The topological polar surface area (TPSA) is 40.5 Å². The normalized spacial score (nSPS) is 25.9. The Morgan fingerprint density at radius 1 is 1.38 bits per heavy atom.